The number of hydrogen-bond acceptors (Lipinski definition) is 6. The van der Waals surface area contributed by atoms with Crippen molar-refractivity contribution in [3.63, 3.8) is 0 Å². The van der Waals surface area contributed by atoms with Gasteiger partial charge in [-0.05, 0) is 57.0 Å². The second-order valence-electron chi connectivity index (χ2n) is 9.54. The Morgan fingerprint density at radius 3 is 2.74 bits per heavy atom. The van der Waals surface area contributed by atoms with Crippen molar-refractivity contribution in [2.24, 2.45) is 7.05 Å². The number of ether oxygens (including phenoxy) is 1. The van der Waals surface area contributed by atoms with Crippen LogP contribution in [0, 0.1) is 0 Å². The molecule has 0 amide bonds. The highest BCUT2D eigenvalue weighted by Crippen LogP contribution is 2.28. The molecule has 1 fully saturated rings. The average molecular weight is 479 g/mol. The fourth-order valence-corrected chi connectivity index (χ4v) is 4.81. The Morgan fingerprint density at radius 1 is 1.17 bits per heavy atom. The first kappa shape index (κ1) is 23.6. The summed E-state index contributed by atoms with van der Waals surface area (Å²) in [5, 5.41) is 9.52. The summed E-state index contributed by atoms with van der Waals surface area (Å²) in [5.41, 5.74) is 4.82. The van der Waals surface area contributed by atoms with Gasteiger partial charge in [-0.2, -0.15) is 0 Å². The molecule has 4 aromatic rings. The minimum Gasteiger partial charge on any atom is -0.374 e. The molecule has 0 saturated carbocycles. The van der Waals surface area contributed by atoms with Gasteiger partial charge in [0.15, 0.2) is 5.65 Å². The Labute approximate surface area is 203 Å². The third-order valence-electron chi connectivity index (χ3n) is 6.69. The number of alkyl halides is 1. The lowest BCUT2D eigenvalue weighted by molar-refractivity contribution is 0.0675. The Morgan fingerprint density at radius 2 is 2.00 bits per heavy atom. The van der Waals surface area contributed by atoms with E-state index in [1.54, 1.807) is 16.2 Å². The lowest BCUT2D eigenvalue weighted by Crippen LogP contribution is -2.38. The summed E-state index contributed by atoms with van der Waals surface area (Å²) in [6, 6.07) is 9.96. The predicted octanol–water partition coefficient (Wildman–Crippen LogP) is 3.88. The standard InChI is InChI=1S/C26H31FN6O2/c1-17(2)33-24-22-13-18(7-9-23(22)29-30-25(24)31(3)26(33)34)19-6-8-21(28-14-19)16-35-12-11-32-10-4-5-20(27)15-32/h6-9,13-14,17,20H,4-5,10-12,15-16H2,1-3H3. The van der Waals surface area contributed by atoms with E-state index in [9.17, 15) is 9.18 Å². The van der Waals surface area contributed by atoms with E-state index in [2.05, 4.69) is 26.1 Å². The van der Waals surface area contributed by atoms with Gasteiger partial charge in [-0.3, -0.25) is 19.0 Å². The molecule has 1 atom stereocenters. The second-order valence-corrected chi connectivity index (χ2v) is 9.54. The van der Waals surface area contributed by atoms with E-state index < -0.39 is 6.17 Å². The molecule has 9 heteroatoms. The van der Waals surface area contributed by atoms with Gasteiger partial charge in [-0.25, -0.2) is 9.18 Å². The molecule has 1 saturated heterocycles. The first-order chi connectivity index (χ1) is 16.9. The third-order valence-corrected chi connectivity index (χ3v) is 6.69. The minimum atomic E-state index is -0.712. The van der Waals surface area contributed by atoms with E-state index in [0.29, 0.717) is 31.8 Å². The molecule has 5 rings (SSSR count). The van der Waals surface area contributed by atoms with Gasteiger partial charge < -0.3 is 4.74 Å². The van der Waals surface area contributed by atoms with E-state index in [1.165, 1.54) is 0 Å². The lowest BCUT2D eigenvalue weighted by Gasteiger charge is -2.28. The number of nitrogens with zero attached hydrogens (tertiary/aromatic N) is 6. The Balaban J connectivity index is 1.33. The number of halogens is 1. The van der Waals surface area contributed by atoms with Crippen LogP contribution in [0.3, 0.4) is 0 Å². The molecule has 0 spiro atoms. The summed E-state index contributed by atoms with van der Waals surface area (Å²) < 4.78 is 22.6. The maximum atomic E-state index is 13.5. The number of benzene rings is 1. The van der Waals surface area contributed by atoms with Crippen molar-refractivity contribution < 1.29 is 9.13 Å². The normalized spacial score (nSPS) is 17.1. The van der Waals surface area contributed by atoms with Crippen LogP contribution in [0.1, 0.15) is 38.4 Å². The van der Waals surface area contributed by atoms with E-state index >= 15 is 0 Å². The molecule has 1 aromatic carbocycles. The minimum absolute atomic E-state index is 0.00322. The van der Waals surface area contributed by atoms with Crippen LogP contribution in [-0.2, 0) is 18.4 Å². The molecule has 0 bridgehead atoms. The molecule has 0 aliphatic carbocycles. The molecule has 4 heterocycles. The Kier molecular flexibility index (Phi) is 6.62. The maximum Gasteiger partial charge on any atom is 0.330 e. The van der Waals surface area contributed by atoms with Gasteiger partial charge >= 0.3 is 5.69 Å². The number of likely N-dealkylation sites (tertiary alicyclic amines) is 1. The van der Waals surface area contributed by atoms with Crippen molar-refractivity contribution in [2.45, 2.75) is 45.5 Å². The zero-order valence-corrected chi connectivity index (χ0v) is 20.4. The maximum absolute atomic E-state index is 13.5. The van der Waals surface area contributed by atoms with Crippen molar-refractivity contribution >= 4 is 22.1 Å². The number of imidazole rings is 1. The number of aromatic nitrogens is 5. The predicted molar refractivity (Wildman–Crippen MR) is 134 cm³/mol. The zero-order chi connectivity index (χ0) is 24.5. The van der Waals surface area contributed by atoms with Crippen molar-refractivity contribution in [1.29, 1.82) is 0 Å². The molecule has 8 nitrogen and oxygen atoms in total. The quantitative estimate of drug-likeness (QED) is 0.375. The molecular weight excluding hydrogens is 447 g/mol. The molecule has 1 unspecified atom stereocenters. The van der Waals surface area contributed by atoms with Gasteiger partial charge in [-0.1, -0.05) is 12.1 Å². The van der Waals surface area contributed by atoms with E-state index in [1.807, 2.05) is 44.3 Å². The fraction of sp³-hybridized carbons (Fsp3) is 0.462. The number of fused-ring (bicyclic) bond motifs is 3. The van der Waals surface area contributed by atoms with Gasteiger partial charge in [0.05, 0.1) is 24.4 Å². The Bertz CT molecular complexity index is 1400. The monoisotopic (exact) mass is 478 g/mol. The molecule has 0 N–H and O–H groups in total. The highest BCUT2D eigenvalue weighted by Gasteiger charge is 2.19. The van der Waals surface area contributed by atoms with Crippen LogP contribution in [0.15, 0.2) is 41.3 Å². The summed E-state index contributed by atoms with van der Waals surface area (Å²) in [7, 11) is 1.73. The van der Waals surface area contributed by atoms with Crippen molar-refractivity contribution in [1.82, 2.24) is 29.2 Å². The fourth-order valence-electron chi connectivity index (χ4n) is 4.81. The smallest absolute Gasteiger partial charge is 0.330 e. The van der Waals surface area contributed by atoms with Crippen LogP contribution < -0.4 is 5.69 Å². The molecular formula is C26H31FN6O2. The van der Waals surface area contributed by atoms with Gasteiger partial charge in [0.1, 0.15) is 11.7 Å². The lowest BCUT2D eigenvalue weighted by atomic mass is 10.0. The summed E-state index contributed by atoms with van der Waals surface area (Å²) >= 11 is 0. The van der Waals surface area contributed by atoms with Crippen molar-refractivity contribution in [2.75, 3.05) is 26.2 Å². The van der Waals surface area contributed by atoms with Crippen LogP contribution in [0.5, 0.6) is 0 Å². The van der Waals surface area contributed by atoms with E-state index in [-0.39, 0.29) is 11.7 Å². The topological polar surface area (TPSA) is 78.1 Å². The van der Waals surface area contributed by atoms with E-state index in [0.717, 1.165) is 52.8 Å². The average Bonchev–Trinajstić information content (AvgIpc) is 3.12. The molecule has 1 aliphatic rings. The van der Waals surface area contributed by atoms with Crippen LogP contribution in [0.2, 0.25) is 0 Å². The first-order valence-corrected chi connectivity index (χ1v) is 12.2. The third kappa shape index (κ3) is 4.70. The summed E-state index contributed by atoms with van der Waals surface area (Å²) in [4.78, 5) is 19.5. The van der Waals surface area contributed by atoms with Gasteiger partial charge in [0.2, 0.25) is 0 Å². The molecule has 35 heavy (non-hydrogen) atoms. The van der Waals surface area contributed by atoms with Gasteiger partial charge in [0, 0.05) is 43.3 Å². The second kappa shape index (κ2) is 9.83. The highest BCUT2D eigenvalue weighted by molar-refractivity contribution is 6.02. The number of hydrogen-bond donors (Lipinski definition) is 0. The summed E-state index contributed by atoms with van der Waals surface area (Å²) in [6.45, 7) is 7.16. The molecule has 184 valence electrons. The van der Waals surface area contributed by atoms with Crippen molar-refractivity contribution in [3.8, 4) is 11.1 Å². The van der Waals surface area contributed by atoms with Crippen LogP contribution in [0.4, 0.5) is 4.39 Å². The SMILES string of the molecule is CC(C)n1c(=O)n(C)c2nnc3ccc(-c4ccc(COCCN5CCCC(F)C5)nc4)cc3c21. The van der Waals surface area contributed by atoms with E-state index in [4.69, 9.17) is 4.74 Å². The molecule has 0 radical (unpaired) electrons. The van der Waals surface area contributed by atoms with Gasteiger partial charge in [0.25, 0.3) is 0 Å². The van der Waals surface area contributed by atoms with Crippen LogP contribution in [-0.4, -0.2) is 61.6 Å². The Hall–Kier alpha value is -3.17. The number of pyridine rings is 1. The van der Waals surface area contributed by atoms with Crippen molar-refractivity contribution in [3.05, 3.63) is 52.7 Å². The zero-order valence-electron chi connectivity index (χ0n) is 20.4. The molecule has 1 aliphatic heterocycles. The highest BCUT2D eigenvalue weighted by atomic mass is 19.1. The summed E-state index contributed by atoms with van der Waals surface area (Å²) in [5.74, 6) is 0. The number of rotatable bonds is 7. The first-order valence-electron chi connectivity index (χ1n) is 12.2. The summed E-state index contributed by atoms with van der Waals surface area (Å²) in [6.07, 6.45) is 2.71. The number of piperidine rings is 1. The van der Waals surface area contributed by atoms with Gasteiger partial charge in [-0.15, -0.1) is 10.2 Å². The largest absolute Gasteiger partial charge is 0.374 e. The number of aryl methyl sites for hydroxylation is 1. The molecule has 3 aromatic heterocycles. The van der Waals surface area contributed by atoms with Crippen LogP contribution >= 0.6 is 0 Å². The van der Waals surface area contributed by atoms with Crippen LogP contribution in [0.25, 0.3) is 33.2 Å².